The molecule has 0 saturated heterocycles. The summed E-state index contributed by atoms with van der Waals surface area (Å²) in [5.41, 5.74) is 3.60. The molecule has 0 radical (unpaired) electrons. The second-order valence-corrected chi connectivity index (χ2v) is 5.49. The van der Waals surface area contributed by atoms with E-state index in [0.29, 0.717) is 17.9 Å². The summed E-state index contributed by atoms with van der Waals surface area (Å²) in [6, 6.07) is 11.4. The average molecular weight is 353 g/mol. The molecule has 0 saturated carbocycles. The zero-order valence-corrected chi connectivity index (χ0v) is 16.7. The summed E-state index contributed by atoms with van der Waals surface area (Å²) < 4.78 is 0. The van der Waals surface area contributed by atoms with E-state index < -0.39 is 5.97 Å². The number of carboxylic acid groups (broad SMARTS) is 1. The Morgan fingerprint density at radius 1 is 1.22 bits per heavy atom. The molecule has 0 aliphatic heterocycles. The maximum Gasteiger partial charge on any atom is 1.00 e. The van der Waals surface area contributed by atoms with Gasteiger partial charge in [-0.15, -0.1) is 0 Å². The van der Waals surface area contributed by atoms with E-state index >= 15 is 0 Å². The van der Waals surface area contributed by atoms with Crippen LogP contribution in [-0.2, 0) is 11.2 Å². The number of hydrogen-bond acceptors (Lipinski definition) is 3. The molecule has 0 spiro atoms. The molecule has 1 N–H and O–H groups in total. The van der Waals surface area contributed by atoms with E-state index in [1.54, 1.807) is 6.20 Å². The average Bonchev–Trinajstić information content (AvgIpc) is 2.88. The van der Waals surface area contributed by atoms with E-state index in [0.717, 1.165) is 27.9 Å². The number of hydrogen-bond donors (Lipinski definition) is 1. The van der Waals surface area contributed by atoms with Crippen LogP contribution in [0, 0.1) is 0 Å². The van der Waals surface area contributed by atoms with Crippen molar-refractivity contribution in [2.24, 2.45) is 0 Å². The van der Waals surface area contributed by atoms with Crippen LogP contribution in [0.15, 0.2) is 42.6 Å². The number of carbonyl (C=O) groups excluding carboxylic acids is 1. The van der Waals surface area contributed by atoms with Gasteiger partial charge in [0.15, 0.2) is 0 Å². The minimum absolute atomic E-state index is 0. The summed E-state index contributed by atoms with van der Waals surface area (Å²) in [6.07, 6.45) is 2.91. The van der Waals surface area contributed by atoms with Gasteiger partial charge in [-0.3, -0.25) is 4.98 Å². The van der Waals surface area contributed by atoms with Crippen molar-refractivity contribution in [2.45, 2.75) is 19.3 Å². The molecule has 3 rings (SSSR count). The quantitative estimate of drug-likeness (QED) is 0.655. The summed E-state index contributed by atoms with van der Waals surface area (Å²) in [7, 11) is 0. The van der Waals surface area contributed by atoms with E-state index in [2.05, 4.69) is 9.97 Å². The van der Waals surface area contributed by atoms with E-state index in [9.17, 15) is 9.90 Å². The minimum atomic E-state index is -1.03. The molecule has 4 nitrogen and oxygen atoms in total. The molecule has 0 bridgehead atoms. The number of aliphatic carboxylic acids is 1. The first-order valence-electron chi connectivity index (χ1n) is 7.07. The first-order valence-corrected chi connectivity index (χ1v) is 7.45. The molecule has 0 aliphatic rings. The van der Waals surface area contributed by atoms with Crippen molar-refractivity contribution in [3.8, 4) is 11.4 Å². The summed E-state index contributed by atoms with van der Waals surface area (Å²) in [4.78, 5) is 18.4. The number of H-pyrrole nitrogens is 1. The normalized spacial score (nSPS) is 10.5. The maximum atomic E-state index is 10.6. The second-order valence-electron chi connectivity index (χ2n) is 5.08. The summed E-state index contributed by atoms with van der Waals surface area (Å²) in [6.45, 7) is 0. The number of nitrogens with one attached hydrogen (secondary N) is 1. The van der Waals surface area contributed by atoms with Crippen LogP contribution in [0.25, 0.3) is 22.3 Å². The Balaban J connectivity index is 0.00000192. The zero-order chi connectivity index (χ0) is 15.5. The number of pyridine rings is 1. The number of fused-ring (bicyclic) bond motifs is 1. The van der Waals surface area contributed by atoms with Gasteiger partial charge in [-0.1, -0.05) is 29.8 Å². The van der Waals surface area contributed by atoms with Crippen LogP contribution in [0.1, 0.15) is 18.4 Å². The Bertz CT molecular complexity index is 818. The van der Waals surface area contributed by atoms with Gasteiger partial charge in [-0.25, -0.2) is 0 Å². The van der Waals surface area contributed by atoms with Crippen molar-refractivity contribution in [2.75, 3.05) is 0 Å². The largest absolute Gasteiger partial charge is 1.00 e. The van der Waals surface area contributed by atoms with Gasteiger partial charge in [-0.05, 0) is 43.0 Å². The van der Waals surface area contributed by atoms with Crippen LogP contribution in [0.3, 0.4) is 0 Å². The monoisotopic (exact) mass is 352 g/mol. The van der Waals surface area contributed by atoms with E-state index in [4.69, 9.17) is 11.6 Å². The van der Waals surface area contributed by atoms with Crippen LogP contribution in [0.2, 0.25) is 5.02 Å². The van der Waals surface area contributed by atoms with E-state index in [1.807, 2.05) is 36.4 Å². The smallest absolute Gasteiger partial charge is 0.550 e. The maximum absolute atomic E-state index is 10.6. The summed E-state index contributed by atoms with van der Waals surface area (Å²) >= 11 is 6.26. The number of aromatic nitrogens is 2. The topological polar surface area (TPSA) is 68.8 Å². The fraction of sp³-hybridized carbons (Fsp3) is 0.176. The Morgan fingerprint density at radius 3 is 2.74 bits per heavy atom. The molecule has 23 heavy (non-hydrogen) atoms. The molecule has 0 fully saturated rings. The number of nitrogens with zero attached hydrogens (tertiary/aromatic N) is 1. The SMILES string of the molecule is O=C([O-])CCCc1c(-c2ccccn2)[nH]c2c(Cl)cccc12.[K+]. The number of halogens is 1. The van der Waals surface area contributed by atoms with Gasteiger partial charge in [0.1, 0.15) is 0 Å². The number of aromatic amines is 1. The van der Waals surface area contributed by atoms with Gasteiger partial charge in [0.25, 0.3) is 0 Å². The molecule has 2 aromatic heterocycles. The number of aryl methyl sites for hydroxylation is 1. The Kier molecular flexibility index (Phi) is 6.82. The van der Waals surface area contributed by atoms with Gasteiger partial charge in [0.2, 0.25) is 0 Å². The molecule has 112 valence electrons. The van der Waals surface area contributed by atoms with Crippen LogP contribution in [0.4, 0.5) is 0 Å². The second kappa shape index (κ2) is 8.42. The fourth-order valence-electron chi connectivity index (χ4n) is 2.64. The molecular weight excluding hydrogens is 339 g/mol. The van der Waals surface area contributed by atoms with E-state index in [-0.39, 0.29) is 57.8 Å². The van der Waals surface area contributed by atoms with Crippen molar-refractivity contribution in [3.63, 3.8) is 0 Å². The summed E-state index contributed by atoms with van der Waals surface area (Å²) in [5, 5.41) is 12.3. The van der Waals surface area contributed by atoms with Gasteiger partial charge in [0.05, 0.1) is 21.9 Å². The minimum Gasteiger partial charge on any atom is -0.550 e. The number of benzene rings is 1. The van der Waals surface area contributed by atoms with Crippen molar-refractivity contribution in [1.29, 1.82) is 0 Å². The number of rotatable bonds is 5. The molecule has 0 atom stereocenters. The predicted molar refractivity (Wildman–Crippen MR) is 84.5 cm³/mol. The van der Waals surface area contributed by atoms with Crippen molar-refractivity contribution in [1.82, 2.24) is 9.97 Å². The third kappa shape index (κ3) is 4.23. The van der Waals surface area contributed by atoms with Gasteiger partial charge < -0.3 is 14.9 Å². The number of para-hydroxylation sites is 1. The number of carbonyl (C=O) groups is 1. The van der Waals surface area contributed by atoms with Crippen LogP contribution >= 0.6 is 11.6 Å². The molecular formula is C17H14ClKN2O2. The first kappa shape index (κ1) is 18.6. The van der Waals surface area contributed by atoms with Gasteiger partial charge in [-0.2, -0.15) is 0 Å². The molecule has 2 heterocycles. The molecule has 1 aromatic carbocycles. The third-order valence-electron chi connectivity index (χ3n) is 3.62. The van der Waals surface area contributed by atoms with Crippen LogP contribution in [-0.4, -0.2) is 15.9 Å². The summed E-state index contributed by atoms with van der Waals surface area (Å²) in [5.74, 6) is -1.03. The van der Waals surface area contributed by atoms with Gasteiger partial charge >= 0.3 is 51.4 Å². The zero-order valence-electron chi connectivity index (χ0n) is 12.8. The Hall–Kier alpha value is -0.694. The fourth-order valence-corrected chi connectivity index (χ4v) is 2.86. The predicted octanol–water partition coefficient (Wildman–Crippen LogP) is -0.0401. The Morgan fingerprint density at radius 2 is 2.04 bits per heavy atom. The molecule has 3 aromatic rings. The van der Waals surface area contributed by atoms with Crippen molar-refractivity contribution in [3.05, 3.63) is 53.2 Å². The van der Waals surface area contributed by atoms with Gasteiger partial charge in [0, 0.05) is 17.6 Å². The van der Waals surface area contributed by atoms with E-state index in [1.165, 1.54) is 0 Å². The molecule has 0 amide bonds. The van der Waals surface area contributed by atoms with Crippen molar-refractivity contribution >= 4 is 28.5 Å². The molecule has 0 unspecified atom stereocenters. The third-order valence-corrected chi connectivity index (χ3v) is 3.93. The molecule has 6 heteroatoms. The van der Waals surface area contributed by atoms with Crippen molar-refractivity contribution < 1.29 is 61.3 Å². The van der Waals surface area contributed by atoms with Crippen LogP contribution < -0.4 is 56.5 Å². The Labute approximate surface area is 181 Å². The van der Waals surface area contributed by atoms with Crippen LogP contribution in [0.5, 0.6) is 0 Å². The number of carboxylic acids is 1. The molecule has 0 aliphatic carbocycles. The standard InChI is InChI=1S/C17H15ClN2O2.K/c18-13-7-3-5-11-12(6-4-9-15(21)22)17(20-16(11)13)14-8-1-2-10-19-14;/h1-3,5,7-8,10,20H,4,6,9H2,(H,21,22);/q;+1/p-1. The first-order chi connectivity index (χ1) is 10.7.